The molecule has 0 atom stereocenters. The first-order valence-corrected chi connectivity index (χ1v) is 10.5. The van der Waals surface area contributed by atoms with E-state index < -0.39 is 11.9 Å². The van der Waals surface area contributed by atoms with E-state index >= 15 is 0 Å². The van der Waals surface area contributed by atoms with Gasteiger partial charge in [0.1, 0.15) is 17.3 Å². The third-order valence-corrected chi connectivity index (χ3v) is 4.99. The van der Waals surface area contributed by atoms with Crippen LogP contribution in [0.4, 0.5) is 13.2 Å². The van der Waals surface area contributed by atoms with E-state index in [2.05, 4.69) is 24.9 Å². The Morgan fingerprint density at radius 3 is 2.31 bits per heavy atom. The van der Waals surface area contributed by atoms with Crippen LogP contribution in [0.5, 0.6) is 17.6 Å². The van der Waals surface area contributed by atoms with Gasteiger partial charge < -0.3 is 14.5 Å². The van der Waals surface area contributed by atoms with Crippen molar-refractivity contribution in [2.75, 3.05) is 7.11 Å². The summed E-state index contributed by atoms with van der Waals surface area (Å²) in [5.74, 6) is 0.757. The van der Waals surface area contributed by atoms with Crippen LogP contribution < -0.4 is 15.0 Å². The molecule has 0 saturated carbocycles. The third kappa shape index (κ3) is 6.40. The maximum atomic E-state index is 12.8. The standard InChI is InChI=1S/C24H20F3N5O3/c1-34-23-29-12-16(13-30-23)11-17-14-28-20(32-22(17)33)10-7-15-5-8-18(9-6-15)35-21-4-2-3-19(31-21)24(25,26)27/h2-6,8-9,12-14H,7,10-11H2,1H3,(H,28,32,33). The van der Waals surface area contributed by atoms with Gasteiger partial charge in [-0.2, -0.15) is 13.2 Å². The molecule has 3 aromatic heterocycles. The number of nitrogens with one attached hydrogen (secondary N) is 1. The van der Waals surface area contributed by atoms with E-state index in [0.29, 0.717) is 36.4 Å². The summed E-state index contributed by atoms with van der Waals surface area (Å²) >= 11 is 0. The predicted molar refractivity (Wildman–Crippen MR) is 119 cm³/mol. The first-order valence-electron chi connectivity index (χ1n) is 10.5. The van der Waals surface area contributed by atoms with Gasteiger partial charge >= 0.3 is 12.2 Å². The molecule has 11 heteroatoms. The fourth-order valence-corrected chi connectivity index (χ4v) is 3.21. The van der Waals surface area contributed by atoms with Crippen molar-refractivity contribution in [1.29, 1.82) is 0 Å². The zero-order valence-corrected chi connectivity index (χ0v) is 18.5. The summed E-state index contributed by atoms with van der Waals surface area (Å²) in [7, 11) is 1.47. The molecule has 0 aliphatic carbocycles. The van der Waals surface area contributed by atoms with E-state index in [1.807, 2.05) is 0 Å². The van der Waals surface area contributed by atoms with Crippen molar-refractivity contribution in [3.63, 3.8) is 0 Å². The summed E-state index contributed by atoms with van der Waals surface area (Å²) in [5.41, 5.74) is 0.941. The van der Waals surface area contributed by atoms with Crippen LogP contribution >= 0.6 is 0 Å². The molecule has 8 nitrogen and oxygen atoms in total. The summed E-state index contributed by atoms with van der Waals surface area (Å²) in [6.45, 7) is 0. The van der Waals surface area contributed by atoms with Crippen LogP contribution in [0.2, 0.25) is 0 Å². The average Bonchev–Trinajstić information content (AvgIpc) is 2.85. The number of aromatic amines is 1. The average molecular weight is 483 g/mol. The van der Waals surface area contributed by atoms with Gasteiger partial charge in [0.25, 0.3) is 5.56 Å². The largest absolute Gasteiger partial charge is 0.467 e. The van der Waals surface area contributed by atoms with Crippen LogP contribution in [0.3, 0.4) is 0 Å². The number of hydrogen-bond donors (Lipinski definition) is 1. The van der Waals surface area contributed by atoms with Crippen molar-refractivity contribution < 1.29 is 22.6 Å². The summed E-state index contributed by atoms with van der Waals surface area (Å²) in [6, 6.07) is 10.6. The molecule has 0 unspecified atom stereocenters. The molecular weight excluding hydrogens is 463 g/mol. The fourth-order valence-electron chi connectivity index (χ4n) is 3.21. The maximum absolute atomic E-state index is 12.8. The van der Waals surface area contributed by atoms with E-state index in [1.165, 1.54) is 25.4 Å². The lowest BCUT2D eigenvalue weighted by Gasteiger charge is -2.09. The molecule has 180 valence electrons. The Balaban J connectivity index is 1.34. The van der Waals surface area contributed by atoms with Crippen LogP contribution in [-0.4, -0.2) is 32.0 Å². The van der Waals surface area contributed by atoms with E-state index in [9.17, 15) is 18.0 Å². The molecule has 3 heterocycles. The SMILES string of the molecule is COc1ncc(Cc2cnc(CCc3ccc(Oc4cccc(C(F)(F)F)n4)cc3)[nH]c2=O)cn1. The summed E-state index contributed by atoms with van der Waals surface area (Å²) in [4.78, 5) is 31.1. The number of aromatic nitrogens is 5. The topological polar surface area (TPSA) is 103 Å². The van der Waals surface area contributed by atoms with E-state index in [1.54, 1.807) is 36.7 Å². The Morgan fingerprint density at radius 2 is 1.66 bits per heavy atom. The van der Waals surface area contributed by atoms with Crippen molar-refractivity contribution >= 4 is 0 Å². The minimum absolute atomic E-state index is 0.143. The second-order valence-corrected chi connectivity index (χ2v) is 7.54. The number of methoxy groups -OCH3 is 1. The third-order valence-electron chi connectivity index (χ3n) is 4.99. The molecular formula is C24H20F3N5O3. The second-order valence-electron chi connectivity index (χ2n) is 7.54. The van der Waals surface area contributed by atoms with Crippen molar-refractivity contribution in [3.8, 4) is 17.6 Å². The first kappa shape index (κ1) is 23.9. The number of rotatable bonds is 8. The highest BCUT2D eigenvalue weighted by molar-refractivity contribution is 5.31. The molecule has 4 rings (SSSR count). The molecule has 0 saturated heterocycles. The van der Waals surface area contributed by atoms with Crippen LogP contribution in [-0.2, 0) is 25.4 Å². The highest BCUT2D eigenvalue weighted by atomic mass is 19.4. The van der Waals surface area contributed by atoms with E-state index in [-0.39, 0.29) is 17.4 Å². The Kier molecular flexibility index (Phi) is 7.04. The molecule has 0 bridgehead atoms. The van der Waals surface area contributed by atoms with Gasteiger partial charge in [-0.25, -0.2) is 19.9 Å². The van der Waals surface area contributed by atoms with Gasteiger partial charge in [0.2, 0.25) is 5.88 Å². The molecule has 0 aliphatic heterocycles. The minimum atomic E-state index is -4.54. The normalized spacial score (nSPS) is 11.3. The number of halogens is 3. The lowest BCUT2D eigenvalue weighted by Crippen LogP contribution is -2.17. The number of aryl methyl sites for hydroxylation is 2. The lowest BCUT2D eigenvalue weighted by atomic mass is 10.1. The summed E-state index contributed by atoms with van der Waals surface area (Å²) in [5, 5.41) is 0. The highest BCUT2D eigenvalue weighted by Gasteiger charge is 2.32. The zero-order chi connectivity index (χ0) is 24.8. The minimum Gasteiger partial charge on any atom is -0.467 e. The quantitative estimate of drug-likeness (QED) is 0.402. The summed E-state index contributed by atoms with van der Waals surface area (Å²) < 4.78 is 48.8. The van der Waals surface area contributed by atoms with Crippen LogP contribution in [0.15, 0.2) is 65.8 Å². The molecule has 0 spiro atoms. The molecule has 0 fully saturated rings. The molecule has 1 N–H and O–H groups in total. The second kappa shape index (κ2) is 10.3. The summed E-state index contributed by atoms with van der Waals surface area (Å²) in [6.07, 6.45) is 1.62. The predicted octanol–water partition coefficient (Wildman–Crippen LogP) is 4.15. The zero-order valence-electron chi connectivity index (χ0n) is 18.5. The van der Waals surface area contributed by atoms with Crippen LogP contribution in [0.25, 0.3) is 0 Å². The number of pyridine rings is 1. The molecule has 4 aromatic rings. The van der Waals surface area contributed by atoms with Crippen LogP contribution in [0.1, 0.15) is 28.2 Å². The Morgan fingerprint density at radius 1 is 0.914 bits per heavy atom. The van der Waals surface area contributed by atoms with Gasteiger partial charge in [-0.1, -0.05) is 18.2 Å². The molecule has 1 aromatic carbocycles. The molecule has 0 aliphatic rings. The maximum Gasteiger partial charge on any atom is 0.433 e. The smallest absolute Gasteiger partial charge is 0.433 e. The van der Waals surface area contributed by atoms with E-state index in [0.717, 1.165) is 17.2 Å². The van der Waals surface area contributed by atoms with Gasteiger partial charge in [-0.3, -0.25) is 4.79 Å². The van der Waals surface area contributed by atoms with Crippen LogP contribution in [0, 0.1) is 0 Å². The van der Waals surface area contributed by atoms with Gasteiger partial charge in [0.15, 0.2) is 0 Å². The highest BCUT2D eigenvalue weighted by Crippen LogP contribution is 2.29. The fraction of sp³-hybridized carbons (Fsp3) is 0.208. The molecule has 0 amide bonds. The number of benzene rings is 1. The lowest BCUT2D eigenvalue weighted by molar-refractivity contribution is -0.141. The number of H-pyrrole nitrogens is 1. The van der Waals surface area contributed by atoms with Gasteiger partial charge in [0.05, 0.1) is 7.11 Å². The van der Waals surface area contributed by atoms with Gasteiger partial charge in [0, 0.05) is 43.1 Å². The van der Waals surface area contributed by atoms with Crippen molar-refractivity contribution in [1.82, 2.24) is 24.9 Å². The Labute approximate surface area is 197 Å². The van der Waals surface area contributed by atoms with Gasteiger partial charge in [-0.15, -0.1) is 0 Å². The van der Waals surface area contributed by atoms with Crippen molar-refractivity contribution in [3.05, 3.63) is 99.6 Å². The number of hydrogen-bond acceptors (Lipinski definition) is 7. The number of alkyl halides is 3. The van der Waals surface area contributed by atoms with Crippen molar-refractivity contribution in [2.45, 2.75) is 25.4 Å². The molecule has 0 radical (unpaired) electrons. The Bertz CT molecular complexity index is 1340. The number of nitrogens with zero attached hydrogens (tertiary/aromatic N) is 4. The van der Waals surface area contributed by atoms with E-state index in [4.69, 9.17) is 9.47 Å². The number of ether oxygens (including phenoxy) is 2. The Hall–Kier alpha value is -4.28. The molecule has 35 heavy (non-hydrogen) atoms. The van der Waals surface area contributed by atoms with Crippen molar-refractivity contribution in [2.24, 2.45) is 0 Å². The first-order chi connectivity index (χ1) is 16.8. The monoisotopic (exact) mass is 483 g/mol. The van der Waals surface area contributed by atoms with Gasteiger partial charge in [-0.05, 0) is 35.7 Å².